The van der Waals surface area contributed by atoms with Crippen LogP contribution in [0.5, 0.6) is 0 Å². The third kappa shape index (κ3) is 3.63. The molecule has 0 spiro atoms. The third-order valence-corrected chi connectivity index (χ3v) is 9.42. The molecule has 0 atom stereocenters. The number of hydrogen-bond acceptors (Lipinski definition) is 6. The average Bonchev–Trinajstić information content (AvgIpc) is 3.30. The van der Waals surface area contributed by atoms with Crippen LogP contribution < -0.4 is 4.31 Å². The topological polar surface area (TPSA) is 91.8 Å². The van der Waals surface area contributed by atoms with Crippen molar-refractivity contribution in [2.24, 2.45) is 5.92 Å². The summed E-state index contributed by atoms with van der Waals surface area (Å²) in [6.45, 7) is 0.463. The fraction of sp³-hybridized carbons (Fsp3) is 0.250. The fourth-order valence-electron chi connectivity index (χ4n) is 3.39. The Hall–Kier alpha value is -2.30. The lowest BCUT2D eigenvalue weighted by atomic mass is 10.2. The molecule has 1 N–H and O–H groups in total. The van der Waals surface area contributed by atoms with Crippen molar-refractivity contribution in [2.75, 3.05) is 10.8 Å². The van der Waals surface area contributed by atoms with Crippen LogP contribution >= 0.6 is 27.3 Å². The number of hydrogen-bond donors (Lipinski definition) is 1. The molecule has 1 aliphatic rings. The van der Waals surface area contributed by atoms with Crippen molar-refractivity contribution in [1.82, 2.24) is 20.6 Å². The molecule has 0 saturated heterocycles. The van der Waals surface area contributed by atoms with Gasteiger partial charge >= 0.3 is 0 Å². The van der Waals surface area contributed by atoms with Crippen LogP contribution in [0.1, 0.15) is 19.3 Å². The van der Waals surface area contributed by atoms with Crippen LogP contribution in [0, 0.1) is 5.92 Å². The van der Waals surface area contributed by atoms with E-state index >= 15 is 0 Å². The maximum atomic E-state index is 13.7. The molecule has 2 aromatic carbocycles. The number of aromatic nitrogens is 4. The summed E-state index contributed by atoms with van der Waals surface area (Å²) < 4.78 is 30.7. The molecular weight excluding hydrogens is 486 g/mol. The van der Waals surface area contributed by atoms with Gasteiger partial charge < -0.3 is 0 Å². The number of tetrazole rings is 1. The van der Waals surface area contributed by atoms with E-state index in [0.717, 1.165) is 26.0 Å². The highest BCUT2D eigenvalue weighted by molar-refractivity contribution is 9.10. The van der Waals surface area contributed by atoms with Crippen LogP contribution in [-0.2, 0) is 10.0 Å². The molecule has 0 bridgehead atoms. The van der Waals surface area contributed by atoms with Crippen LogP contribution in [0.2, 0.25) is 0 Å². The third-order valence-electron chi connectivity index (χ3n) is 5.23. The Labute approximate surface area is 186 Å². The molecule has 0 amide bonds. The average molecular weight is 504 g/mol. The summed E-state index contributed by atoms with van der Waals surface area (Å²) in [5.41, 5.74) is 0.704. The van der Waals surface area contributed by atoms with Gasteiger partial charge in [0.05, 0.1) is 9.37 Å². The Bertz CT molecular complexity index is 1280. The predicted molar refractivity (Wildman–Crippen MR) is 121 cm³/mol. The van der Waals surface area contributed by atoms with Gasteiger partial charge in [-0.2, -0.15) is 5.21 Å². The van der Waals surface area contributed by atoms with E-state index in [2.05, 4.69) is 36.6 Å². The first-order valence-electron chi connectivity index (χ1n) is 9.57. The smallest absolute Gasteiger partial charge is 0.256 e. The standard InChI is InChI=1S/C20H18BrN5O2S2/c21-18-16-3-1-2-4-17(16)29-20(18)26(12-11-13-5-6-13)30(27,28)15-9-7-14(8-10-15)19-22-24-25-23-19/h1-4,7-10,13H,5-6,11-12H2,(H,22,23,24,25). The molecule has 0 unspecified atom stereocenters. The number of rotatable bonds is 7. The summed E-state index contributed by atoms with van der Waals surface area (Å²) in [6, 6.07) is 14.6. The zero-order chi connectivity index (χ0) is 20.7. The molecule has 4 aromatic rings. The summed E-state index contributed by atoms with van der Waals surface area (Å²) in [7, 11) is -3.73. The van der Waals surface area contributed by atoms with Gasteiger partial charge in [0.2, 0.25) is 5.82 Å². The molecule has 5 rings (SSSR count). The van der Waals surface area contributed by atoms with Gasteiger partial charge in [0.25, 0.3) is 10.0 Å². The van der Waals surface area contributed by atoms with Crippen molar-refractivity contribution < 1.29 is 8.42 Å². The number of halogens is 1. The minimum absolute atomic E-state index is 0.245. The molecule has 1 aliphatic carbocycles. The van der Waals surface area contributed by atoms with Crippen molar-refractivity contribution in [2.45, 2.75) is 24.2 Å². The molecule has 2 heterocycles. The Kier molecular flexibility index (Phi) is 5.08. The lowest BCUT2D eigenvalue weighted by Crippen LogP contribution is -2.32. The number of benzene rings is 2. The number of H-pyrrole nitrogens is 1. The van der Waals surface area contributed by atoms with E-state index in [-0.39, 0.29) is 4.90 Å². The molecule has 1 fully saturated rings. The molecule has 7 nitrogen and oxygen atoms in total. The van der Waals surface area contributed by atoms with E-state index in [1.807, 2.05) is 24.3 Å². The quantitative estimate of drug-likeness (QED) is 0.389. The van der Waals surface area contributed by atoms with Gasteiger partial charge in [-0.3, -0.25) is 4.31 Å². The second kappa shape index (κ2) is 7.75. The number of nitrogens with zero attached hydrogens (tertiary/aromatic N) is 4. The van der Waals surface area contributed by atoms with Gasteiger partial charge in [0.1, 0.15) is 5.00 Å². The minimum atomic E-state index is -3.73. The number of thiophene rings is 1. The van der Waals surface area contributed by atoms with Gasteiger partial charge in [-0.05, 0) is 63.8 Å². The molecule has 154 valence electrons. The van der Waals surface area contributed by atoms with Crippen molar-refractivity contribution in [3.63, 3.8) is 0 Å². The summed E-state index contributed by atoms with van der Waals surface area (Å²) >= 11 is 5.15. The van der Waals surface area contributed by atoms with Gasteiger partial charge in [-0.25, -0.2) is 8.42 Å². The lowest BCUT2D eigenvalue weighted by molar-refractivity contribution is 0.587. The van der Waals surface area contributed by atoms with E-state index in [9.17, 15) is 8.42 Å². The van der Waals surface area contributed by atoms with E-state index in [1.54, 1.807) is 28.6 Å². The van der Waals surface area contributed by atoms with E-state index < -0.39 is 10.0 Å². The Morgan fingerprint density at radius 1 is 1.13 bits per heavy atom. The number of fused-ring (bicyclic) bond motifs is 1. The normalized spacial score (nSPS) is 14.3. The van der Waals surface area contributed by atoms with Gasteiger partial charge in [0.15, 0.2) is 0 Å². The SMILES string of the molecule is O=S(=O)(c1ccc(-c2nn[nH]n2)cc1)N(CCC1CC1)c1sc2ccccc2c1Br. The number of sulfonamides is 1. The number of anilines is 1. The highest BCUT2D eigenvalue weighted by atomic mass is 79.9. The minimum Gasteiger partial charge on any atom is -0.256 e. The van der Waals surface area contributed by atoms with Crippen LogP contribution in [0.3, 0.4) is 0 Å². The highest BCUT2D eigenvalue weighted by Gasteiger charge is 2.31. The summed E-state index contributed by atoms with van der Waals surface area (Å²) in [6.07, 6.45) is 3.22. The summed E-state index contributed by atoms with van der Waals surface area (Å²) in [5, 5.41) is 15.6. The van der Waals surface area contributed by atoms with Crippen LogP contribution in [0.25, 0.3) is 21.5 Å². The molecule has 0 radical (unpaired) electrons. The maximum Gasteiger partial charge on any atom is 0.264 e. The molecular formula is C20H18BrN5O2S2. The van der Waals surface area contributed by atoms with Crippen LogP contribution in [0.4, 0.5) is 5.00 Å². The second-order valence-corrected chi connectivity index (χ2v) is 11.0. The fourth-order valence-corrected chi connectivity index (χ4v) is 7.26. The van der Waals surface area contributed by atoms with E-state index in [4.69, 9.17) is 0 Å². The summed E-state index contributed by atoms with van der Waals surface area (Å²) in [5.74, 6) is 1.05. The predicted octanol–water partition coefficient (Wildman–Crippen LogP) is 4.84. The summed E-state index contributed by atoms with van der Waals surface area (Å²) in [4.78, 5) is 0.245. The number of aromatic amines is 1. The van der Waals surface area contributed by atoms with Gasteiger partial charge in [-0.1, -0.05) is 31.0 Å². The molecule has 1 saturated carbocycles. The zero-order valence-corrected chi connectivity index (χ0v) is 19.0. The van der Waals surface area contributed by atoms with Crippen LogP contribution in [-0.4, -0.2) is 35.6 Å². The maximum absolute atomic E-state index is 13.7. The van der Waals surface area contributed by atoms with Gasteiger partial charge in [-0.15, -0.1) is 21.5 Å². The van der Waals surface area contributed by atoms with E-state index in [0.29, 0.717) is 23.9 Å². The Morgan fingerprint density at radius 2 is 1.90 bits per heavy atom. The van der Waals surface area contributed by atoms with Crippen molar-refractivity contribution in [3.05, 3.63) is 53.0 Å². The zero-order valence-electron chi connectivity index (χ0n) is 15.8. The van der Waals surface area contributed by atoms with Crippen molar-refractivity contribution >= 4 is 52.4 Å². The molecule has 2 aromatic heterocycles. The first-order valence-corrected chi connectivity index (χ1v) is 12.6. The monoisotopic (exact) mass is 503 g/mol. The van der Waals surface area contributed by atoms with Crippen molar-refractivity contribution in [1.29, 1.82) is 0 Å². The Morgan fingerprint density at radius 3 is 2.57 bits per heavy atom. The van der Waals surface area contributed by atoms with E-state index in [1.165, 1.54) is 24.2 Å². The molecule has 10 heteroatoms. The first-order chi connectivity index (χ1) is 14.5. The lowest BCUT2D eigenvalue weighted by Gasteiger charge is -2.23. The first kappa shape index (κ1) is 19.7. The largest absolute Gasteiger partial charge is 0.264 e. The molecule has 30 heavy (non-hydrogen) atoms. The van der Waals surface area contributed by atoms with Crippen molar-refractivity contribution in [3.8, 4) is 11.4 Å². The Balaban J connectivity index is 1.54. The highest BCUT2D eigenvalue weighted by Crippen LogP contribution is 2.44. The second-order valence-electron chi connectivity index (χ2n) is 7.29. The molecule has 0 aliphatic heterocycles. The van der Waals surface area contributed by atoms with Gasteiger partial charge in [0, 0.05) is 22.2 Å². The van der Waals surface area contributed by atoms with Crippen LogP contribution in [0.15, 0.2) is 57.9 Å². The number of nitrogens with one attached hydrogen (secondary N) is 1.